The van der Waals surface area contributed by atoms with Crippen molar-refractivity contribution in [2.75, 3.05) is 12.4 Å². The molecule has 3 aromatic rings. The summed E-state index contributed by atoms with van der Waals surface area (Å²) in [6, 6.07) is 10.2. The van der Waals surface area contributed by atoms with Gasteiger partial charge in [-0.25, -0.2) is 23.1 Å². The number of benzene rings is 1. The normalized spacial score (nSPS) is 14.7. The lowest BCUT2D eigenvalue weighted by Crippen LogP contribution is -2.31. The van der Waals surface area contributed by atoms with Crippen LogP contribution >= 0.6 is 0 Å². The van der Waals surface area contributed by atoms with Gasteiger partial charge in [-0.05, 0) is 24.8 Å². The zero-order valence-corrected chi connectivity index (χ0v) is 21.0. The Kier molecular flexibility index (Phi) is 7.87. The van der Waals surface area contributed by atoms with E-state index in [9.17, 15) is 18.0 Å². The van der Waals surface area contributed by atoms with E-state index in [1.165, 1.54) is 19.5 Å². The van der Waals surface area contributed by atoms with E-state index in [0.717, 1.165) is 49.8 Å². The van der Waals surface area contributed by atoms with Crippen LogP contribution < -0.4 is 20.5 Å². The number of hydrogen-bond donors (Lipinski definition) is 3. The molecule has 1 aliphatic rings. The summed E-state index contributed by atoms with van der Waals surface area (Å²) >= 11 is 0. The first-order chi connectivity index (χ1) is 17.8. The summed E-state index contributed by atoms with van der Waals surface area (Å²) < 4.78 is 38.5. The molecule has 4 rings (SSSR count). The van der Waals surface area contributed by atoms with Gasteiger partial charge in [-0.3, -0.25) is 9.59 Å². The largest absolute Gasteiger partial charge is 0.480 e. The number of ether oxygens (including phenoxy) is 1. The van der Waals surface area contributed by atoms with Gasteiger partial charge in [-0.1, -0.05) is 49.6 Å². The Labute approximate surface area is 214 Å². The van der Waals surface area contributed by atoms with Crippen LogP contribution in [-0.2, 0) is 14.8 Å². The van der Waals surface area contributed by atoms with Crippen LogP contribution in [0, 0.1) is 5.92 Å². The van der Waals surface area contributed by atoms with Crippen LogP contribution in [0.5, 0.6) is 5.88 Å². The van der Waals surface area contributed by atoms with E-state index in [1.807, 2.05) is 22.9 Å². The average Bonchev–Trinajstić information content (AvgIpc) is 3.40. The van der Waals surface area contributed by atoms with Gasteiger partial charge in [0.05, 0.1) is 25.2 Å². The molecule has 2 heterocycles. The quantitative estimate of drug-likeness (QED) is 0.374. The molecule has 2 amide bonds. The highest BCUT2D eigenvalue weighted by molar-refractivity contribution is 7.90. The minimum Gasteiger partial charge on any atom is -0.480 e. The topological polar surface area (TPSA) is 167 Å². The van der Waals surface area contributed by atoms with Crippen LogP contribution in [-0.4, -0.2) is 37.3 Å². The minimum atomic E-state index is -4.41. The second-order valence-corrected chi connectivity index (χ2v) is 10.2. The second kappa shape index (κ2) is 11.2. The molecule has 1 fully saturated rings. The number of pyridine rings is 1. The summed E-state index contributed by atoms with van der Waals surface area (Å²) in [4.78, 5) is 32.6. The van der Waals surface area contributed by atoms with Gasteiger partial charge in [0, 0.05) is 17.3 Å². The number of methoxy groups -OCH3 is 1. The lowest BCUT2D eigenvalue weighted by Gasteiger charge is -2.21. The third-order valence-electron chi connectivity index (χ3n) is 5.93. The summed E-state index contributed by atoms with van der Waals surface area (Å²) in [7, 11) is -3.17. The summed E-state index contributed by atoms with van der Waals surface area (Å²) in [6.45, 7) is 0. The number of anilines is 1. The van der Waals surface area contributed by atoms with Crippen LogP contribution in [0.15, 0.2) is 69.9 Å². The maximum absolute atomic E-state index is 13.0. The van der Waals surface area contributed by atoms with Crippen molar-refractivity contribution in [1.29, 1.82) is 0 Å². The van der Waals surface area contributed by atoms with Gasteiger partial charge in [0.15, 0.2) is 10.7 Å². The van der Waals surface area contributed by atoms with Crippen LogP contribution in [0.4, 0.5) is 5.69 Å². The average molecular weight is 526 g/mol. The fourth-order valence-electron chi connectivity index (χ4n) is 4.07. The molecule has 11 nitrogen and oxygen atoms in total. The number of aromatic nitrogens is 2. The molecule has 4 N–H and O–H groups in total. The molecule has 0 spiro atoms. The highest BCUT2D eigenvalue weighted by atomic mass is 32.2. The second-order valence-electron chi connectivity index (χ2n) is 8.53. The molecule has 0 unspecified atom stereocenters. The van der Waals surface area contributed by atoms with Gasteiger partial charge in [-0.15, -0.1) is 0 Å². The van der Waals surface area contributed by atoms with Crippen molar-refractivity contribution in [2.24, 2.45) is 11.7 Å². The standard InChI is InChI=1S/C25H27N5O6S/c1-35-24-21(37(33,34)30-22(31)13-19(26)16-8-4-2-5-9-16)12-18(14-27-24)29-23(32)25-28-15-20(36-25)17-10-6-3-7-11-17/h3,6-7,10-16H,2,4-5,8-9,26H2,1H3,(H,29,32)(H,30,31). The minimum absolute atomic E-state index is 0.0235. The Balaban J connectivity index is 1.50. The Morgan fingerprint density at radius 2 is 1.84 bits per heavy atom. The van der Waals surface area contributed by atoms with Crippen molar-refractivity contribution in [3.8, 4) is 17.2 Å². The molecule has 12 heteroatoms. The van der Waals surface area contributed by atoms with Crippen molar-refractivity contribution in [1.82, 2.24) is 14.7 Å². The summed E-state index contributed by atoms with van der Waals surface area (Å²) in [6.07, 6.45) is 8.59. The number of sulfonamides is 1. The van der Waals surface area contributed by atoms with E-state index >= 15 is 0 Å². The summed E-state index contributed by atoms with van der Waals surface area (Å²) in [5, 5.41) is 2.49. The number of allylic oxidation sites excluding steroid dienone is 1. The van der Waals surface area contributed by atoms with Crippen LogP contribution in [0.1, 0.15) is 42.8 Å². The number of carbonyl (C=O) groups is 2. The molecule has 37 heavy (non-hydrogen) atoms. The van der Waals surface area contributed by atoms with Crippen LogP contribution in [0.3, 0.4) is 0 Å². The highest BCUT2D eigenvalue weighted by Gasteiger charge is 2.25. The lowest BCUT2D eigenvalue weighted by atomic mass is 9.87. The molecule has 2 aromatic heterocycles. The number of hydrogen-bond acceptors (Lipinski definition) is 9. The zero-order chi connectivity index (χ0) is 26.4. The summed E-state index contributed by atoms with van der Waals surface area (Å²) in [5.41, 5.74) is 7.15. The van der Waals surface area contributed by atoms with Crippen molar-refractivity contribution in [3.05, 3.63) is 66.5 Å². The predicted molar refractivity (Wildman–Crippen MR) is 135 cm³/mol. The lowest BCUT2D eigenvalue weighted by molar-refractivity contribution is -0.114. The Morgan fingerprint density at radius 3 is 2.54 bits per heavy atom. The van der Waals surface area contributed by atoms with Crippen molar-refractivity contribution in [3.63, 3.8) is 0 Å². The molecule has 0 aliphatic heterocycles. The maximum Gasteiger partial charge on any atom is 0.311 e. The van der Waals surface area contributed by atoms with E-state index < -0.39 is 26.7 Å². The van der Waals surface area contributed by atoms with E-state index in [1.54, 1.807) is 12.1 Å². The molecular formula is C25H27N5O6S. The third kappa shape index (κ3) is 6.33. The Hall–Kier alpha value is -4.19. The first-order valence-corrected chi connectivity index (χ1v) is 13.2. The summed E-state index contributed by atoms with van der Waals surface area (Å²) in [5.74, 6) is -1.64. The van der Waals surface area contributed by atoms with Gasteiger partial charge in [-0.2, -0.15) is 0 Å². The zero-order valence-electron chi connectivity index (χ0n) is 20.1. The van der Waals surface area contributed by atoms with Gasteiger partial charge < -0.3 is 20.2 Å². The Bertz CT molecular complexity index is 1410. The Morgan fingerprint density at radius 1 is 1.11 bits per heavy atom. The molecule has 1 saturated carbocycles. The molecule has 0 bridgehead atoms. The molecule has 194 valence electrons. The monoisotopic (exact) mass is 525 g/mol. The smallest absolute Gasteiger partial charge is 0.311 e. The van der Waals surface area contributed by atoms with Crippen molar-refractivity contribution in [2.45, 2.75) is 37.0 Å². The number of nitrogens with zero attached hydrogens (tertiary/aromatic N) is 2. The van der Waals surface area contributed by atoms with E-state index in [-0.39, 0.29) is 23.4 Å². The maximum atomic E-state index is 13.0. The molecule has 0 saturated heterocycles. The van der Waals surface area contributed by atoms with E-state index in [2.05, 4.69) is 15.3 Å². The number of rotatable bonds is 8. The number of carbonyl (C=O) groups excluding carboxylic acids is 2. The molecular weight excluding hydrogens is 498 g/mol. The van der Waals surface area contributed by atoms with Gasteiger partial charge in [0.1, 0.15) is 0 Å². The van der Waals surface area contributed by atoms with Gasteiger partial charge in [0.2, 0.25) is 5.88 Å². The molecule has 1 aliphatic carbocycles. The van der Waals surface area contributed by atoms with E-state index in [0.29, 0.717) is 11.5 Å². The van der Waals surface area contributed by atoms with Crippen LogP contribution in [0.25, 0.3) is 11.3 Å². The number of amides is 2. The predicted octanol–water partition coefficient (Wildman–Crippen LogP) is 3.23. The first-order valence-electron chi connectivity index (χ1n) is 11.7. The number of nitrogens with one attached hydrogen (secondary N) is 2. The third-order valence-corrected chi connectivity index (χ3v) is 7.27. The van der Waals surface area contributed by atoms with Crippen molar-refractivity contribution < 1.29 is 27.2 Å². The SMILES string of the molecule is COc1ncc(NC(=O)c2ncc(-c3ccccc3)o2)cc1S(=O)(=O)NC(=O)C=C(N)C1CCCCC1. The molecule has 1 aromatic carbocycles. The van der Waals surface area contributed by atoms with E-state index in [4.69, 9.17) is 14.9 Å². The molecule has 0 radical (unpaired) electrons. The fourth-order valence-corrected chi connectivity index (χ4v) is 5.15. The fraction of sp³-hybridized carbons (Fsp3) is 0.280. The van der Waals surface area contributed by atoms with Gasteiger partial charge in [0.25, 0.3) is 21.8 Å². The van der Waals surface area contributed by atoms with Crippen LogP contribution in [0.2, 0.25) is 0 Å². The number of oxazole rings is 1. The van der Waals surface area contributed by atoms with Crippen molar-refractivity contribution >= 4 is 27.5 Å². The highest BCUT2D eigenvalue weighted by Crippen LogP contribution is 2.28. The van der Waals surface area contributed by atoms with Gasteiger partial charge >= 0.3 is 5.91 Å². The first kappa shape index (κ1) is 25.9. The number of nitrogens with two attached hydrogens (primary N) is 1. The molecule has 0 atom stereocenters.